The Morgan fingerprint density at radius 3 is 2.90 bits per heavy atom. The third kappa shape index (κ3) is 4.20. The lowest BCUT2D eigenvalue weighted by Crippen LogP contribution is -2.53. The van der Waals surface area contributed by atoms with Crippen LogP contribution in [0.15, 0.2) is 18.2 Å². The van der Waals surface area contributed by atoms with Crippen LogP contribution in [0.3, 0.4) is 0 Å². The highest BCUT2D eigenvalue weighted by molar-refractivity contribution is 7.80. The first kappa shape index (κ1) is 16.3. The molecule has 1 heterocycles. The number of benzene rings is 1. The molecule has 1 aromatic rings. The molecular formula is C15H21FN2O2S. The van der Waals surface area contributed by atoms with Crippen molar-refractivity contribution in [1.29, 1.82) is 0 Å². The molecule has 0 bridgehead atoms. The molecule has 0 aromatic heterocycles. The molecule has 21 heavy (non-hydrogen) atoms. The second kappa shape index (κ2) is 6.36. The Labute approximate surface area is 129 Å². The van der Waals surface area contributed by atoms with Crippen LogP contribution in [0.25, 0.3) is 0 Å². The van der Waals surface area contributed by atoms with E-state index in [0.29, 0.717) is 18.7 Å². The van der Waals surface area contributed by atoms with Gasteiger partial charge in [-0.05, 0) is 31.5 Å². The summed E-state index contributed by atoms with van der Waals surface area (Å²) in [5.41, 5.74) is 6.79. The molecule has 1 saturated heterocycles. The minimum Gasteiger partial charge on any atom is -0.394 e. The highest BCUT2D eigenvalue weighted by Crippen LogP contribution is 2.23. The number of hydrogen-bond donors (Lipinski definition) is 2. The van der Waals surface area contributed by atoms with Crippen molar-refractivity contribution in [2.75, 3.05) is 19.7 Å². The maximum atomic E-state index is 13.3. The maximum absolute atomic E-state index is 13.3. The lowest BCUT2D eigenvalue weighted by Gasteiger charge is -2.42. The number of aliphatic hydroxyl groups is 1. The lowest BCUT2D eigenvalue weighted by atomic mass is 10.0. The number of rotatable bonds is 4. The van der Waals surface area contributed by atoms with Crippen LogP contribution in [-0.4, -0.2) is 46.4 Å². The monoisotopic (exact) mass is 312 g/mol. The fraction of sp³-hybridized carbons (Fsp3) is 0.533. The molecule has 1 fully saturated rings. The van der Waals surface area contributed by atoms with E-state index in [-0.39, 0.29) is 29.1 Å². The number of nitrogens with two attached hydrogens (primary N) is 1. The molecule has 0 amide bonds. The van der Waals surface area contributed by atoms with Crippen LogP contribution in [-0.2, 0) is 11.3 Å². The Hall–Kier alpha value is -1.08. The number of ether oxygens (including phenoxy) is 1. The van der Waals surface area contributed by atoms with E-state index in [1.54, 1.807) is 6.07 Å². The molecule has 3 N–H and O–H groups in total. The minimum atomic E-state index is -0.350. The fourth-order valence-electron chi connectivity index (χ4n) is 2.79. The molecule has 1 aromatic carbocycles. The van der Waals surface area contributed by atoms with E-state index >= 15 is 0 Å². The van der Waals surface area contributed by atoms with E-state index in [0.717, 1.165) is 12.1 Å². The fourth-order valence-corrected chi connectivity index (χ4v) is 2.98. The number of halogens is 1. The van der Waals surface area contributed by atoms with Crippen LogP contribution in [0.5, 0.6) is 0 Å². The van der Waals surface area contributed by atoms with Crippen LogP contribution in [0.4, 0.5) is 4.39 Å². The largest absolute Gasteiger partial charge is 0.394 e. The van der Waals surface area contributed by atoms with Crippen molar-refractivity contribution >= 4 is 17.2 Å². The predicted molar refractivity (Wildman–Crippen MR) is 83.6 cm³/mol. The Morgan fingerprint density at radius 2 is 2.29 bits per heavy atom. The quantitative estimate of drug-likeness (QED) is 0.824. The molecule has 1 aliphatic rings. The molecule has 1 unspecified atom stereocenters. The van der Waals surface area contributed by atoms with Crippen molar-refractivity contribution in [1.82, 2.24) is 4.90 Å². The van der Waals surface area contributed by atoms with E-state index < -0.39 is 0 Å². The standard InChI is InChI=1S/C15H21FN2O2S/c1-15(2)9-18(7-12(8-19)20-15)6-10-3-4-11(16)5-13(10)14(17)21/h3-5,12,19H,6-9H2,1-2H3,(H2,17,21). The van der Waals surface area contributed by atoms with Crippen molar-refractivity contribution in [2.45, 2.75) is 32.1 Å². The molecule has 1 atom stereocenters. The molecule has 116 valence electrons. The van der Waals surface area contributed by atoms with Crippen LogP contribution >= 0.6 is 12.2 Å². The summed E-state index contributed by atoms with van der Waals surface area (Å²) in [5.74, 6) is -0.350. The Kier molecular flexibility index (Phi) is 4.93. The first-order valence-electron chi connectivity index (χ1n) is 6.90. The van der Waals surface area contributed by atoms with Gasteiger partial charge in [0.1, 0.15) is 10.8 Å². The zero-order chi connectivity index (χ0) is 15.6. The second-order valence-electron chi connectivity index (χ2n) is 6.02. The Bertz CT molecular complexity index is 536. The van der Waals surface area contributed by atoms with Gasteiger partial charge in [0.25, 0.3) is 0 Å². The summed E-state index contributed by atoms with van der Waals surface area (Å²) in [6.07, 6.45) is -0.220. The minimum absolute atomic E-state index is 0.0223. The predicted octanol–water partition coefficient (Wildman–Crippen LogP) is 1.43. The summed E-state index contributed by atoms with van der Waals surface area (Å²) >= 11 is 5.00. The summed E-state index contributed by atoms with van der Waals surface area (Å²) in [7, 11) is 0. The van der Waals surface area contributed by atoms with Gasteiger partial charge in [-0.3, -0.25) is 4.90 Å². The van der Waals surface area contributed by atoms with E-state index in [4.69, 9.17) is 22.7 Å². The number of nitrogens with zero attached hydrogens (tertiary/aromatic N) is 1. The molecular weight excluding hydrogens is 291 g/mol. The summed E-state index contributed by atoms with van der Waals surface area (Å²) < 4.78 is 19.1. The first-order valence-corrected chi connectivity index (χ1v) is 7.31. The molecule has 0 aliphatic carbocycles. The molecule has 4 nitrogen and oxygen atoms in total. The van der Waals surface area contributed by atoms with Crippen LogP contribution < -0.4 is 5.73 Å². The van der Waals surface area contributed by atoms with Crippen LogP contribution in [0.2, 0.25) is 0 Å². The topological polar surface area (TPSA) is 58.7 Å². The number of aliphatic hydroxyl groups excluding tert-OH is 1. The third-order valence-corrected chi connectivity index (χ3v) is 3.71. The van der Waals surface area contributed by atoms with Gasteiger partial charge in [0.15, 0.2) is 0 Å². The van der Waals surface area contributed by atoms with Crippen molar-refractivity contribution in [3.05, 3.63) is 35.1 Å². The summed E-state index contributed by atoms with van der Waals surface area (Å²) in [6, 6.07) is 4.49. The van der Waals surface area contributed by atoms with E-state index in [9.17, 15) is 9.50 Å². The van der Waals surface area contributed by atoms with E-state index in [2.05, 4.69) is 4.90 Å². The zero-order valence-electron chi connectivity index (χ0n) is 12.3. The van der Waals surface area contributed by atoms with Crippen molar-refractivity contribution in [3.8, 4) is 0 Å². The lowest BCUT2D eigenvalue weighted by molar-refractivity contribution is -0.150. The smallest absolute Gasteiger partial charge is 0.123 e. The van der Waals surface area contributed by atoms with Gasteiger partial charge < -0.3 is 15.6 Å². The van der Waals surface area contributed by atoms with Crippen molar-refractivity contribution in [2.24, 2.45) is 5.73 Å². The summed E-state index contributed by atoms with van der Waals surface area (Å²) in [4.78, 5) is 2.36. The van der Waals surface area contributed by atoms with Gasteiger partial charge in [-0.25, -0.2) is 4.39 Å². The summed E-state index contributed by atoms with van der Waals surface area (Å²) in [5, 5.41) is 9.34. The molecule has 2 rings (SSSR count). The number of morpholine rings is 1. The van der Waals surface area contributed by atoms with Gasteiger partial charge in [0, 0.05) is 25.2 Å². The van der Waals surface area contributed by atoms with Gasteiger partial charge in [0.2, 0.25) is 0 Å². The third-order valence-electron chi connectivity index (χ3n) is 3.49. The normalized spacial score (nSPS) is 22.2. The SMILES string of the molecule is CC1(C)CN(Cc2ccc(F)cc2C(N)=S)CC(CO)O1. The molecule has 1 aliphatic heterocycles. The zero-order valence-corrected chi connectivity index (χ0v) is 13.1. The van der Waals surface area contributed by atoms with Crippen molar-refractivity contribution < 1.29 is 14.2 Å². The first-order chi connectivity index (χ1) is 9.80. The van der Waals surface area contributed by atoms with Gasteiger partial charge in [0.05, 0.1) is 18.3 Å². The highest BCUT2D eigenvalue weighted by Gasteiger charge is 2.33. The Balaban J connectivity index is 2.19. The highest BCUT2D eigenvalue weighted by atomic mass is 32.1. The molecule has 6 heteroatoms. The summed E-state index contributed by atoms with van der Waals surface area (Å²) in [6.45, 7) is 5.88. The number of thiocarbonyl (C=S) groups is 1. The van der Waals surface area contributed by atoms with Crippen LogP contribution in [0.1, 0.15) is 25.0 Å². The van der Waals surface area contributed by atoms with E-state index in [1.807, 2.05) is 13.8 Å². The van der Waals surface area contributed by atoms with Gasteiger partial charge in [-0.2, -0.15) is 0 Å². The average Bonchev–Trinajstić information content (AvgIpc) is 2.38. The van der Waals surface area contributed by atoms with Crippen LogP contribution in [0, 0.1) is 5.82 Å². The second-order valence-corrected chi connectivity index (χ2v) is 6.46. The van der Waals surface area contributed by atoms with Crippen molar-refractivity contribution in [3.63, 3.8) is 0 Å². The molecule has 0 saturated carbocycles. The number of hydrogen-bond acceptors (Lipinski definition) is 4. The van der Waals surface area contributed by atoms with Gasteiger partial charge >= 0.3 is 0 Å². The van der Waals surface area contributed by atoms with E-state index in [1.165, 1.54) is 12.1 Å². The molecule has 0 radical (unpaired) electrons. The Morgan fingerprint density at radius 1 is 1.57 bits per heavy atom. The van der Waals surface area contributed by atoms with Gasteiger partial charge in [-0.15, -0.1) is 0 Å². The molecule has 0 spiro atoms. The average molecular weight is 312 g/mol. The maximum Gasteiger partial charge on any atom is 0.123 e. The van der Waals surface area contributed by atoms with Gasteiger partial charge in [-0.1, -0.05) is 18.3 Å².